The second kappa shape index (κ2) is 4.69. The molecule has 1 aromatic heterocycles. The summed E-state index contributed by atoms with van der Waals surface area (Å²) >= 11 is 0. The number of methoxy groups -OCH3 is 1. The van der Waals surface area contributed by atoms with Crippen molar-refractivity contribution < 1.29 is 9.53 Å². The number of nitrogens with one attached hydrogen (secondary N) is 1. The molecule has 1 fully saturated rings. The van der Waals surface area contributed by atoms with Crippen molar-refractivity contribution in [3.63, 3.8) is 0 Å². The Kier molecular flexibility index (Phi) is 3.26. The molecule has 1 aliphatic carbocycles. The summed E-state index contributed by atoms with van der Waals surface area (Å²) in [5.41, 5.74) is 0.692. The van der Waals surface area contributed by atoms with Crippen LogP contribution in [0, 0.1) is 5.41 Å². The van der Waals surface area contributed by atoms with Crippen molar-refractivity contribution in [1.82, 2.24) is 10.2 Å². The first-order valence-electron chi connectivity index (χ1n) is 5.85. The maximum Gasteiger partial charge on any atom is 0.358 e. The van der Waals surface area contributed by atoms with Gasteiger partial charge in [0.25, 0.3) is 0 Å². The highest BCUT2D eigenvalue weighted by Gasteiger charge is 2.40. The summed E-state index contributed by atoms with van der Waals surface area (Å²) in [6.45, 7) is 3.14. The molecule has 5 heteroatoms. The fourth-order valence-electron chi connectivity index (χ4n) is 1.75. The number of aromatic nitrogens is 2. The van der Waals surface area contributed by atoms with Crippen LogP contribution in [0.25, 0.3) is 0 Å². The first-order valence-corrected chi connectivity index (χ1v) is 5.85. The normalized spacial score (nSPS) is 16.4. The zero-order valence-electron chi connectivity index (χ0n) is 10.2. The molecule has 0 radical (unpaired) electrons. The number of carbonyl (C=O) groups is 1. The van der Waals surface area contributed by atoms with Gasteiger partial charge < -0.3 is 10.1 Å². The van der Waals surface area contributed by atoms with Gasteiger partial charge in [-0.25, -0.2) is 4.79 Å². The Hall–Kier alpha value is -1.65. The predicted molar refractivity (Wildman–Crippen MR) is 63.8 cm³/mol. The SMILES string of the molecule is CCC1(CNc2ccc(C(=O)OC)nn2)CC1. The second-order valence-electron chi connectivity index (χ2n) is 4.50. The molecule has 92 valence electrons. The predicted octanol–water partition coefficient (Wildman–Crippen LogP) is 1.87. The van der Waals surface area contributed by atoms with Gasteiger partial charge in [0, 0.05) is 6.54 Å². The van der Waals surface area contributed by atoms with Gasteiger partial charge in [0.15, 0.2) is 5.69 Å². The third-order valence-electron chi connectivity index (χ3n) is 3.41. The molecule has 0 saturated heterocycles. The number of ether oxygens (including phenoxy) is 1. The van der Waals surface area contributed by atoms with Crippen LogP contribution in [0.5, 0.6) is 0 Å². The zero-order valence-corrected chi connectivity index (χ0v) is 10.2. The molecule has 0 amide bonds. The first-order chi connectivity index (χ1) is 8.19. The molecule has 0 aromatic carbocycles. The largest absolute Gasteiger partial charge is 0.464 e. The summed E-state index contributed by atoms with van der Waals surface area (Å²) < 4.78 is 4.56. The van der Waals surface area contributed by atoms with E-state index in [-0.39, 0.29) is 5.69 Å². The maximum absolute atomic E-state index is 11.2. The van der Waals surface area contributed by atoms with Crippen molar-refractivity contribution in [2.45, 2.75) is 26.2 Å². The van der Waals surface area contributed by atoms with Gasteiger partial charge in [-0.05, 0) is 36.8 Å². The number of carbonyl (C=O) groups excluding carboxylic acids is 1. The minimum Gasteiger partial charge on any atom is -0.464 e. The number of esters is 1. The van der Waals surface area contributed by atoms with Gasteiger partial charge in [0.2, 0.25) is 0 Å². The lowest BCUT2D eigenvalue weighted by Gasteiger charge is -2.13. The molecule has 0 spiro atoms. The van der Waals surface area contributed by atoms with Crippen LogP contribution in [0.1, 0.15) is 36.7 Å². The molecule has 5 nitrogen and oxygen atoms in total. The standard InChI is InChI=1S/C12H17N3O2/c1-3-12(6-7-12)8-13-10-5-4-9(14-15-10)11(16)17-2/h4-5H,3,6-8H2,1-2H3,(H,13,15). The van der Waals surface area contributed by atoms with Crippen LogP contribution in [-0.4, -0.2) is 29.8 Å². The summed E-state index contributed by atoms with van der Waals surface area (Å²) in [7, 11) is 1.33. The molecule has 1 aromatic rings. The van der Waals surface area contributed by atoms with E-state index < -0.39 is 5.97 Å². The molecule has 1 N–H and O–H groups in total. The summed E-state index contributed by atoms with van der Waals surface area (Å²) in [5.74, 6) is 0.244. The Bertz CT molecular complexity index is 399. The highest BCUT2D eigenvalue weighted by Crippen LogP contribution is 2.48. The Morgan fingerprint density at radius 3 is 2.71 bits per heavy atom. The van der Waals surface area contributed by atoms with Crippen LogP contribution in [-0.2, 0) is 4.74 Å². The number of hydrogen-bond acceptors (Lipinski definition) is 5. The smallest absolute Gasteiger partial charge is 0.358 e. The topological polar surface area (TPSA) is 64.1 Å². The average molecular weight is 235 g/mol. The minimum absolute atomic E-state index is 0.231. The van der Waals surface area contributed by atoms with Crippen molar-refractivity contribution in [3.05, 3.63) is 17.8 Å². The van der Waals surface area contributed by atoms with Crippen LogP contribution in [0.4, 0.5) is 5.82 Å². The summed E-state index contributed by atoms with van der Waals surface area (Å²) in [4.78, 5) is 11.2. The highest BCUT2D eigenvalue weighted by atomic mass is 16.5. The Morgan fingerprint density at radius 2 is 2.24 bits per heavy atom. The van der Waals surface area contributed by atoms with E-state index >= 15 is 0 Å². The van der Waals surface area contributed by atoms with E-state index in [0.717, 1.165) is 6.54 Å². The van der Waals surface area contributed by atoms with E-state index in [0.29, 0.717) is 11.2 Å². The van der Waals surface area contributed by atoms with Crippen molar-refractivity contribution in [1.29, 1.82) is 0 Å². The van der Waals surface area contributed by atoms with Crippen molar-refractivity contribution >= 4 is 11.8 Å². The molecule has 2 rings (SSSR count). The third kappa shape index (κ3) is 2.72. The van der Waals surface area contributed by atoms with Gasteiger partial charge in [-0.1, -0.05) is 6.92 Å². The summed E-state index contributed by atoms with van der Waals surface area (Å²) in [5, 5.41) is 11.0. The Balaban J connectivity index is 1.92. The monoisotopic (exact) mass is 235 g/mol. The van der Waals surface area contributed by atoms with Gasteiger partial charge in [0.1, 0.15) is 5.82 Å². The van der Waals surface area contributed by atoms with Crippen molar-refractivity contribution in [3.8, 4) is 0 Å². The van der Waals surface area contributed by atoms with Crippen LogP contribution in [0.3, 0.4) is 0 Å². The van der Waals surface area contributed by atoms with E-state index in [1.807, 2.05) is 0 Å². The van der Waals surface area contributed by atoms with Crippen LogP contribution < -0.4 is 5.32 Å². The number of hydrogen-bond donors (Lipinski definition) is 1. The lowest BCUT2D eigenvalue weighted by molar-refractivity contribution is 0.0593. The highest BCUT2D eigenvalue weighted by molar-refractivity contribution is 5.86. The lowest BCUT2D eigenvalue weighted by Crippen LogP contribution is -2.16. The molecule has 1 saturated carbocycles. The quantitative estimate of drug-likeness (QED) is 0.789. The van der Waals surface area contributed by atoms with Crippen LogP contribution >= 0.6 is 0 Å². The van der Waals surface area contributed by atoms with E-state index in [4.69, 9.17) is 0 Å². The molecule has 0 atom stereocenters. The van der Waals surface area contributed by atoms with Crippen LogP contribution in [0.15, 0.2) is 12.1 Å². The molecule has 0 aliphatic heterocycles. The Labute approximate surface area is 101 Å². The van der Waals surface area contributed by atoms with Crippen LogP contribution in [0.2, 0.25) is 0 Å². The molecule has 0 bridgehead atoms. The molecule has 1 heterocycles. The van der Waals surface area contributed by atoms with Crippen molar-refractivity contribution in [2.75, 3.05) is 19.0 Å². The van der Waals surface area contributed by atoms with E-state index in [1.165, 1.54) is 26.4 Å². The van der Waals surface area contributed by atoms with E-state index in [9.17, 15) is 4.79 Å². The number of anilines is 1. The average Bonchev–Trinajstić information content (AvgIpc) is 3.17. The zero-order chi connectivity index (χ0) is 12.3. The second-order valence-corrected chi connectivity index (χ2v) is 4.50. The molecular weight excluding hydrogens is 218 g/mol. The maximum atomic E-state index is 11.2. The Morgan fingerprint density at radius 1 is 1.47 bits per heavy atom. The van der Waals surface area contributed by atoms with Gasteiger partial charge >= 0.3 is 5.97 Å². The third-order valence-corrected chi connectivity index (χ3v) is 3.41. The molecule has 1 aliphatic rings. The number of rotatable bonds is 5. The summed E-state index contributed by atoms with van der Waals surface area (Å²) in [6, 6.07) is 3.37. The summed E-state index contributed by atoms with van der Waals surface area (Å²) in [6.07, 6.45) is 3.75. The molecule has 0 unspecified atom stereocenters. The fraction of sp³-hybridized carbons (Fsp3) is 0.583. The van der Waals surface area contributed by atoms with Gasteiger partial charge in [-0.3, -0.25) is 0 Å². The molecular formula is C12H17N3O2. The van der Waals surface area contributed by atoms with Gasteiger partial charge in [-0.2, -0.15) is 0 Å². The lowest BCUT2D eigenvalue weighted by atomic mass is 10.0. The minimum atomic E-state index is -0.462. The number of nitrogens with zero attached hydrogens (tertiary/aromatic N) is 2. The molecule has 17 heavy (non-hydrogen) atoms. The van der Waals surface area contributed by atoms with Crippen molar-refractivity contribution in [2.24, 2.45) is 5.41 Å². The van der Waals surface area contributed by atoms with Gasteiger partial charge in [0.05, 0.1) is 7.11 Å². The van der Waals surface area contributed by atoms with E-state index in [2.05, 4.69) is 27.2 Å². The first kappa shape index (κ1) is 11.8. The van der Waals surface area contributed by atoms with E-state index in [1.54, 1.807) is 12.1 Å². The van der Waals surface area contributed by atoms with Gasteiger partial charge in [-0.15, -0.1) is 10.2 Å². The fourth-order valence-corrected chi connectivity index (χ4v) is 1.75.